The van der Waals surface area contributed by atoms with Gasteiger partial charge >= 0.3 is 0 Å². The number of phenols is 2. The molecule has 8 heteroatoms. The smallest absolute Gasteiger partial charge is 0.202 e. The highest BCUT2D eigenvalue weighted by Crippen LogP contribution is 2.51. The number of Topliss-reactive ketones (excluding diaryl/α,β-unsaturated/α-hetero) is 1. The fourth-order valence-electron chi connectivity index (χ4n) is 4.62. The van der Waals surface area contributed by atoms with Gasteiger partial charge in [0.05, 0.1) is 36.5 Å². The maximum absolute atomic E-state index is 13.4. The monoisotopic (exact) mass is 452 g/mol. The van der Waals surface area contributed by atoms with Gasteiger partial charge in [0.25, 0.3) is 0 Å². The zero-order chi connectivity index (χ0) is 24.1. The average Bonchev–Trinajstić information content (AvgIpc) is 2.79. The fourth-order valence-corrected chi connectivity index (χ4v) is 4.62. The van der Waals surface area contributed by atoms with Crippen molar-refractivity contribution in [1.29, 1.82) is 0 Å². The summed E-state index contributed by atoms with van der Waals surface area (Å²) in [6.45, 7) is 5.01. The second kappa shape index (κ2) is 8.13. The summed E-state index contributed by atoms with van der Waals surface area (Å²) in [5.41, 5.74) is -2.47. The Hall–Kier alpha value is -3.49. The minimum Gasteiger partial charge on any atom is -0.507 e. The maximum Gasteiger partial charge on any atom is 0.202 e. The van der Waals surface area contributed by atoms with E-state index in [2.05, 4.69) is 6.58 Å². The predicted molar refractivity (Wildman–Crippen MR) is 117 cm³/mol. The lowest BCUT2D eigenvalue weighted by molar-refractivity contribution is -0.141. The molecule has 0 heterocycles. The first kappa shape index (κ1) is 22.7. The Kier molecular flexibility index (Phi) is 5.59. The van der Waals surface area contributed by atoms with E-state index in [0.29, 0.717) is 6.42 Å². The number of benzene rings is 2. The number of carbonyl (C=O) groups excluding carboxylic acids is 3. The largest absolute Gasteiger partial charge is 0.507 e. The van der Waals surface area contributed by atoms with Crippen LogP contribution in [0, 0.1) is 0 Å². The van der Waals surface area contributed by atoms with Crippen LogP contribution in [0.15, 0.2) is 30.9 Å². The average molecular weight is 452 g/mol. The number of fused-ring (bicyclic) bond motifs is 3. The molecular weight excluding hydrogens is 428 g/mol. The number of rotatable bonds is 6. The molecule has 4 rings (SSSR count). The number of aromatic hydroxyl groups is 2. The molecule has 2 aromatic carbocycles. The molecule has 0 amide bonds. The van der Waals surface area contributed by atoms with Crippen LogP contribution in [-0.4, -0.2) is 52.0 Å². The summed E-state index contributed by atoms with van der Waals surface area (Å²) in [4.78, 5) is 39.0. The van der Waals surface area contributed by atoms with Crippen LogP contribution in [0.2, 0.25) is 0 Å². The molecule has 0 radical (unpaired) electrons. The molecular formula is C25H24O8. The van der Waals surface area contributed by atoms with Crippen LogP contribution < -0.4 is 4.74 Å². The standard InChI is InChI=1S/C25H24O8/c1-4-5-9-33-16-11-25(31,12(2)26)10-14-18(16)24(30)20-19(22(14)28)21(27)13-7-6-8-15(32-3)17(13)23(20)29/h4,6-8,16,28,30-31H,1,5,9-11H2,2-3H3. The van der Waals surface area contributed by atoms with Crippen molar-refractivity contribution in [3.05, 3.63) is 64.2 Å². The number of ketones is 3. The first-order valence-corrected chi connectivity index (χ1v) is 10.5. The molecule has 2 aliphatic rings. The molecule has 172 valence electrons. The van der Waals surface area contributed by atoms with E-state index in [1.807, 2.05) is 0 Å². The normalized spacial score (nSPS) is 21.1. The Labute approximate surface area is 190 Å². The summed E-state index contributed by atoms with van der Waals surface area (Å²) in [5, 5.41) is 33.3. The number of hydrogen-bond acceptors (Lipinski definition) is 8. The summed E-state index contributed by atoms with van der Waals surface area (Å²) < 4.78 is 11.1. The third-order valence-electron chi connectivity index (χ3n) is 6.37. The van der Waals surface area contributed by atoms with Crippen LogP contribution in [0.3, 0.4) is 0 Å². The zero-order valence-corrected chi connectivity index (χ0v) is 18.3. The third-order valence-corrected chi connectivity index (χ3v) is 6.37. The highest BCUT2D eigenvalue weighted by molar-refractivity contribution is 6.31. The van der Waals surface area contributed by atoms with E-state index in [0.717, 1.165) is 0 Å². The van der Waals surface area contributed by atoms with E-state index in [1.54, 1.807) is 12.1 Å². The topological polar surface area (TPSA) is 130 Å². The summed E-state index contributed by atoms with van der Waals surface area (Å²) in [6.07, 6.45) is 0.569. The number of phenolic OH excluding ortho intramolecular Hbond substituents is 2. The quantitative estimate of drug-likeness (QED) is 0.296. The summed E-state index contributed by atoms with van der Waals surface area (Å²) in [5.74, 6) is -2.79. The lowest BCUT2D eigenvalue weighted by atomic mass is 9.72. The van der Waals surface area contributed by atoms with Gasteiger partial charge in [0.2, 0.25) is 5.78 Å². The van der Waals surface area contributed by atoms with Crippen LogP contribution in [-0.2, 0) is 16.0 Å². The van der Waals surface area contributed by atoms with Crippen molar-refractivity contribution in [2.45, 2.75) is 37.9 Å². The minimum absolute atomic E-state index is 0.00583. The van der Waals surface area contributed by atoms with E-state index in [4.69, 9.17) is 9.47 Å². The Morgan fingerprint density at radius 1 is 1.18 bits per heavy atom. The Morgan fingerprint density at radius 3 is 2.52 bits per heavy atom. The molecule has 2 unspecified atom stereocenters. The van der Waals surface area contributed by atoms with Crippen molar-refractivity contribution in [3.8, 4) is 17.2 Å². The molecule has 0 fully saturated rings. The first-order valence-electron chi connectivity index (χ1n) is 10.5. The van der Waals surface area contributed by atoms with Gasteiger partial charge in [0, 0.05) is 29.5 Å². The fraction of sp³-hybridized carbons (Fsp3) is 0.320. The molecule has 0 saturated heterocycles. The van der Waals surface area contributed by atoms with Crippen LogP contribution >= 0.6 is 0 Å². The van der Waals surface area contributed by atoms with Crippen LogP contribution in [0.4, 0.5) is 0 Å². The van der Waals surface area contributed by atoms with Gasteiger partial charge in [0.1, 0.15) is 22.8 Å². The summed E-state index contributed by atoms with van der Waals surface area (Å²) in [7, 11) is 1.36. The SMILES string of the molecule is C=CCCOC1CC(O)(C(C)=O)Cc2c(O)c3c(c(O)c21)C(=O)c1c(OC)cccc1C3=O. The Bertz CT molecular complexity index is 1210. The summed E-state index contributed by atoms with van der Waals surface area (Å²) >= 11 is 0. The number of carbonyl (C=O) groups is 3. The number of aliphatic hydroxyl groups is 1. The lowest BCUT2D eigenvalue weighted by Crippen LogP contribution is -2.44. The van der Waals surface area contributed by atoms with Crippen molar-refractivity contribution < 1.29 is 39.2 Å². The Balaban J connectivity index is 1.98. The van der Waals surface area contributed by atoms with Crippen LogP contribution in [0.1, 0.15) is 68.8 Å². The lowest BCUT2D eigenvalue weighted by Gasteiger charge is -2.38. The van der Waals surface area contributed by atoms with Gasteiger partial charge in [-0.05, 0) is 19.4 Å². The predicted octanol–water partition coefficient (Wildman–Crippen LogP) is 2.78. The number of methoxy groups -OCH3 is 1. The maximum atomic E-state index is 13.4. The Morgan fingerprint density at radius 2 is 1.88 bits per heavy atom. The molecule has 0 spiro atoms. The van der Waals surface area contributed by atoms with E-state index in [1.165, 1.54) is 26.2 Å². The second-order valence-corrected chi connectivity index (χ2v) is 8.29. The van der Waals surface area contributed by atoms with Gasteiger partial charge in [-0.2, -0.15) is 0 Å². The first-order chi connectivity index (χ1) is 15.7. The van der Waals surface area contributed by atoms with E-state index in [-0.39, 0.29) is 58.6 Å². The second-order valence-electron chi connectivity index (χ2n) is 8.29. The van der Waals surface area contributed by atoms with Crippen molar-refractivity contribution in [3.63, 3.8) is 0 Å². The molecule has 2 atom stereocenters. The molecule has 0 aliphatic heterocycles. The van der Waals surface area contributed by atoms with E-state index >= 15 is 0 Å². The molecule has 0 saturated carbocycles. The molecule has 0 bridgehead atoms. The summed E-state index contributed by atoms with van der Waals surface area (Å²) in [6, 6.07) is 4.50. The van der Waals surface area contributed by atoms with Crippen molar-refractivity contribution in [2.24, 2.45) is 0 Å². The van der Waals surface area contributed by atoms with Gasteiger partial charge in [0.15, 0.2) is 11.6 Å². The minimum atomic E-state index is -1.87. The van der Waals surface area contributed by atoms with Crippen molar-refractivity contribution >= 4 is 17.3 Å². The van der Waals surface area contributed by atoms with Crippen molar-refractivity contribution in [2.75, 3.05) is 13.7 Å². The zero-order valence-electron chi connectivity index (χ0n) is 18.3. The molecule has 3 N–H and O–H groups in total. The van der Waals surface area contributed by atoms with Gasteiger partial charge in [-0.15, -0.1) is 6.58 Å². The third kappa shape index (κ3) is 3.34. The highest BCUT2D eigenvalue weighted by Gasteiger charge is 2.48. The van der Waals surface area contributed by atoms with Gasteiger partial charge in [-0.3, -0.25) is 14.4 Å². The van der Waals surface area contributed by atoms with Gasteiger partial charge in [-0.1, -0.05) is 18.2 Å². The van der Waals surface area contributed by atoms with Gasteiger partial charge < -0.3 is 24.8 Å². The highest BCUT2D eigenvalue weighted by atomic mass is 16.5. The van der Waals surface area contributed by atoms with Crippen LogP contribution in [0.25, 0.3) is 0 Å². The molecule has 8 nitrogen and oxygen atoms in total. The molecule has 0 aromatic heterocycles. The molecule has 2 aromatic rings. The van der Waals surface area contributed by atoms with E-state index in [9.17, 15) is 29.7 Å². The number of ether oxygens (including phenoxy) is 2. The molecule has 33 heavy (non-hydrogen) atoms. The number of hydrogen-bond donors (Lipinski definition) is 3. The molecule has 2 aliphatic carbocycles. The van der Waals surface area contributed by atoms with Gasteiger partial charge in [-0.25, -0.2) is 0 Å². The van der Waals surface area contributed by atoms with Crippen molar-refractivity contribution in [1.82, 2.24) is 0 Å². The van der Waals surface area contributed by atoms with E-state index < -0.39 is 40.6 Å². The van der Waals surface area contributed by atoms with Crippen LogP contribution in [0.5, 0.6) is 17.2 Å².